The molecule has 0 saturated heterocycles. The molecule has 0 heterocycles. The summed E-state index contributed by atoms with van der Waals surface area (Å²) in [6.45, 7) is 1.47. The lowest BCUT2D eigenvalue weighted by atomic mass is 9.99. The quantitative estimate of drug-likeness (QED) is 0.644. The molecule has 2 N–H and O–H groups in total. The Kier molecular flexibility index (Phi) is 5.12. The number of aliphatic hydroxyl groups is 2. The van der Waals surface area contributed by atoms with Crippen molar-refractivity contribution in [3.05, 3.63) is 35.4 Å². The van der Waals surface area contributed by atoms with Gasteiger partial charge in [-0.25, -0.2) is 0 Å². The van der Waals surface area contributed by atoms with Gasteiger partial charge in [0.25, 0.3) is 0 Å². The lowest BCUT2D eigenvalue weighted by molar-refractivity contribution is 0.0173. The maximum atomic E-state index is 11.2. The first-order valence-electron chi connectivity index (χ1n) is 5.09. The summed E-state index contributed by atoms with van der Waals surface area (Å²) in [7, 11) is 0. The zero-order valence-electron chi connectivity index (χ0n) is 9.06. The molecule has 4 heteroatoms. The molecule has 0 bridgehead atoms. The normalized spacial score (nSPS) is 14.5. The number of benzene rings is 1. The largest absolute Gasteiger partial charge is 0.390 e. The summed E-state index contributed by atoms with van der Waals surface area (Å²) in [5.41, 5.74) is 1.11. The van der Waals surface area contributed by atoms with Gasteiger partial charge < -0.3 is 10.2 Å². The van der Waals surface area contributed by atoms with Gasteiger partial charge in [0, 0.05) is 10.9 Å². The van der Waals surface area contributed by atoms with Gasteiger partial charge in [-0.15, -0.1) is 0 Å². The molecule has 16 heavy (non-hydrogen) atoms. The number of rotatable bonds is 5. The number of carbonyl (C=O) groups is 1. The van der Waals surface area contributed by atoms with E-state index in [2.05, 4.69) is 15.9 Å². The van der Waals surface area contributed by atoms with E-state index in [1.54, 1.807) is 24.3 Å². The van der Waals surface area contributed by atoms with Crippen molar-refractivity contribution in [3.8, 4) is 0 Å². The number of ketones is 1. The van der Waals surface area contributed by atoms with E-state index in [-0.39, 0.29) is 5.78 Å². The van der Waals surface area contributed by atoms with Crippen LogP contribution in [-0.4, -0.2) is 27.4 Å². The highest BCUT2D eigenvalue weighted by Crippen LogP contribution is 2.20. The lowest BCUT2D eigenvalue weighted by Gasteiger charge is -2.17. The van der Waals surface area contributed by atoms with Gasteiger partial charge in [0.1, 0.15) is 6.10 Å². The van der Waals surface area contributed by atoms with Gasteiger partial charge in [-0.1, -0.05) is 34.1 Å². The van der Waals surface area contributed by atoms with Crippen molar-refractivity contribution in [2.75, 3.05) is 5.33 Å². The molecule has 1 aromatic rings. The van der Waals surface area contributed by atoms with E-state index in [4.69, 9.17) is 0 Å². The highest BCUT2D eigenvalue weighted by atomic mass is 79.9. The van der Waals surface area contributed by atoms with Gasteiger partial charge in [-0.05, 0) is 25.0 Å². The predicted molar refractivity (Wildman–Crippen MR) is 65.8 cm³/mol. The third kappa shape index (κ3) is 3.40. The number of halogens is 1. The zero-order valence-corrected chi connectivity index (χ0v) is 10.6. The van der Waals surface area contributed by atoms with Crippen LogP contribution in [0.25, 0.3) is 0 Å². The first kappa shape index (κ1) is 13.4. The van der Waals surface area contributed by atoms with Gasteiger partial charge >= 0.3 is 0 Å². The molecule has 2 atom stereocenters. The van der Waals surface area contributed by atoms with Crippen LogP contribution in [0.5, 0.6) is 0 Å². The minimum absolute atomic E-state index is 0.0518. The van der Waals surface area contributed by atoms with Crippen LogP contribution >= 0.6 is 15.9 Å². The van der Waals surface area contributed by atoms with E-state index in [1.807, 2.05) is 0 Å². The molecular weight excluding hydrogens is 272 g/mol. The van der Waals surface area contributed by atoms with Crippen LogP contribution in [0.4, 0.5) is 0 Å². The molecule has 1 rings (SSSR count). The highest BCUT2D eigenvalue weighted by molar-refractivity contribution is 9.09. The van der Waals surface area contributed by atoms with Crippen molar-refractivity contribution in [1.82, 2.24) is 0 Å². The molecular formula is C12H15BrO3. The number of carbonyl (C=O) groups excluding carboxylic acids is 1. The van der Waals surface area contributed by atoms with E-state index >= 15 is 0 Å². The molecule has 0 aliphatic heterocycles. The Balaban J connectivity index is 2.86. The second kappa shape index (κ2) is 6.13. The monoisotopic (exact) mass is 286 g/mol. The van der Waals surface area contributed by atoms with Crippen LogP contribution in [0.1, 0.15) is 35.4 Å². The molecule has 0 amide bonds. The maximum Gasteiger partial charge on any atom is 0.159 e. The summed E-state index contributed by atoms with van der Waals surface area (Å²) in [5, 5.41) is 20.1. The van der Waals surface area contributed by atoms with Crippen molar-refractivity contribution in [2.45, 2.75) is 25.6 Å². The first-order valence-corrected chi connectivity index (χ1v) is 6.21. The van der Waals surface area contributed by atoms with Crippen LogP contribution in [0.15, 0.2) is 24.3 Å². The second-order valence-electron chi connectivity index (χ2n) is 3.67. The number of hydrogen-bond donors (Lipinski definition) is 2. The molecule has 3 nitrogen and oxygen atoms in total. The molecule has 0 radical (unpaired) electrons. The Morgan fingerprint density at radius 1 is 1.44 bits per heavy atom. The third-order valence-electron chi connectivity index (χ3n) is 2.40. The second-order valence-corrected chi connectivity index (χ2v) is 4.46. The Morgan fingerprint density at radius 3 is 2.69 bits per heavy atom. The fourth-order valence-electron chi connectivity index (χ4n) is 1.43. The summed E-state index contributed by atoms with van der Waals surface area (Å²) in [5.74, 6) is -0.0518. The average Bonchev–Trinajstić information content (AvgIpc) is 2.28. The molecule has 0 saturated carbocycles. The summed E-state index contributed by atoms with van der Waals surface area (Å²) >= 11 is 3.20. The van der Waals surface area contributed by atoms with Crippen LogP contribution in [0.3, 0.4) is 0 Å². The van der Waals surface area contributed by atoms with Crippen molar-refractivity contribution in [2.24, 2.45) is 0 Å². The minimum atomic E-state index is -0.947. The number of alkyl halides is 1. The van der Waals surface area contributed by atoms with Crippen molar-refractivity contribution in [3.63, 3.8) is 0 Å². The molecule has 0 aromatic heterocycles. The molecule has 88 valence electrons. The highest BCUT2D eigenvalue weighted by Gasteiger charge is 2.18. The Bertz CT molecular complexity index is 365. The Labute approximate surface area is 103 Å². The summed E-state index contributed by atoms with van der Waals surface area (Å²) in [4.78, 5) is 11.2. The fourth-order valence-corrected chi connectivity index (χ4v) is 1.90. The van der Waals surface area contributed by atoms with Gasteiger partial charge in [0.05, 0.1) is 6.10 Å². The smallest absolute Gasteiger partial charge is 0.159 e. The van der Waals surface area contributed by atoms with E-state index < -0.39 is 12.2 Å². The molecule has 0 aliphatic carbocycles. The van der Waals surface area contributed by atoms with E-state index in [0.29, 0.717) is 22.9 Å². The molecule has 2 unspecified atom stereocenters. The molecule has 0 aliphatic rings. The number of Topliss-reactive ketones (excluding diaryl/α,β-unsaturated/α-hetero) is 1. The fraction of sp³-hybridized carbons (Fsp3) is 0.417. The Morgan fingerprint density at radius 2 is 2.12 bits per heavy atom. The topological polar surface area (TPSA) is 57.5 Å². The molecule has 1 aromatic carbocycles. The van der Waals surface area contributed by atoms with Gasteiger partial charge in [-0.2, -0.15) is 0 Å². The standard InChI is InChI=1S/C12H15BrO3/c1-8(14)9-3-2-4-10(7-9)12(16)11(15)5-6-13/h2-4,7,11-12,15-16H,5-6H2,1H3. The van der Waals surface area contributed by atoms with Crippen molar-refractivity contribution < 1.29 is 15.0 Å². The minimum Gasteiger partial charge on any atom is -0.390 e. The number of hydrogen-bond acceptors (Lipinski definition) is 3. The summed E-state index contributed by atoms with van der Waals surface area (Å²) in [6.07, 6.45) is -1.30. The summed E-state index contributed by atoms with van der Waals surface area (Å²) in [6, 6.07) is 6.71. The van der Waals surface area contributed by atoms with Crippen LogP contribution in [0, 0.1) is 0 Å². The van der Waals surface area contributed by atoms with Gasteiger partial charge in [0.15, 0.2) is 5.78 Å². The first-order chi connectivity index (χ1) is 7.56. The van der Waals surface area contributed by atoms with Crippen LogP contribution in [0.2, 0.25) is 0 Å². The average molecular weight is 287 g/mol. The van der Waals surface area contributed by atoms with E-state index in [1.165, 1.54) is 6.92 Å². The van der Waals surface area contributed by atoms with Crippen LogP contribution < -0.4 is 0 Å². The van der Waals surface area contributed by atoms with E-state index in [9.17, 15) is 15.0 Å². The van der Waals surface area contributed by atoms with Gasteiger partial charge in [0.2, 0.25) is 0 Å². The third-order valence-corrected chi connectivity index (χ3v) is 2.86. The molecule has 0 fully saturated rings. The SMILES string of the molecule is CC(=O)c1cccc(C(O)C(O)CCBr)c1. The van der Waals surface area contributed by atoms with Crippen molar-refractivity contribution >= 4 is 21.7 Å². The maximum absolute atomic E-state index is 11.2. The molecule has 0 spiro atoms. The van der Waals surface area contributed by atoms with Crippen LogP contribution in [-0.2, 0) is 0 Å². The number of aliphatic hydroxyl groups excluding tert-OH is 2. The van der Waals surface area contributed by atoms with Crippen molar-refractivity contribution in [1.29, 1.82) is 0 Å². The lowest BCUT2D eigenvalue weighted by Crippen LogP contribution is -2.18. The predicted octanol–water partition coefficient (Wildman–Crippen LogP) is 2.07. The summed E-state index contributed by atoms with van der Waals surface area (Å²) < 4.78 is 0. The Hall–Kier alpha value is -0.710. The van der Waals surface area contributed by atoms with E-state index in [0.717, 1.165) is 0 Å². The zero-order chi connectivity index (χ0) is 12.1. The van der Waals surface area contributed by atoms with Gasteiger partial charge in [-0.3, -0.25) is 4.79 Å².